The molecule has 2 aromatic carbocycles. The maximum Gasteiger partial charge on any atom is 0.269 e. The molecule has 6 nitrogen and oxygen atoms in total. The number of rotatable bonds is 4. The van der Waals surface area contributed by atoms with Crippen LogP contribution in [0, 0.1) is 10.1 Å². The van der Waals surface area contributed by atoms with Crippen LogP contribution in [0.5, 0.6) is 0 Å². The highest BCUT2D eigenvalue weighted by Crippen LogP contribution is 2.20. The van der Waals surface area contributed by atoms with Crippen LogP contribution in [0.4, 0.5) is 5.69 Å². The summed E-state index contributed by atoms with van der Waals surface area (Å²) in [6.07, 6.45) is 0.643. The number of nitro benzene ring substituents is 1. The Bertz CT molecular complexity index is 782. The van der Waals surface area contributed by atoms with Crippen LogP contribution in [0.2, 0.25) is 0 Å². The van der Waals surface area contributed by atoms with Gasteiger partial charge in [0.1, 0.15) is 0 Å². The van der Waals surface area contributed by atoms with E-state index in [1.807, 2.05) is 25.1 Å². The number of non-ortho nitro benzene ring substituents is 1. The maximum atomic E-state index is 12.5. The Hall–Kier alpha value is -2.44. The molecule has 0 saturated carbocycles. The molecule has 132 valence electrons. The third-order valence-electron chi connectivity index (χ3n) is 4.34. The number of hydrogen-bond donors (Lipinski definition) is 2. The van der Waals surface area contributed by atoms with Crippen molar-refractivity contribution in [3.8, 4) is 0 Å². The van der Waals surface area contributed by atoms with Crippen LogP contribution in [-0.2, 0) is 17.8 Å². The van der Waals surface area contributed by atoms with Gasteiger partial charge in [0.25, 0.3) is 5.69 Å². The van der Waals surface area contributed by atoms with E-state index in [2.05, 4.69) is 16.7 Å². The average molecular weight is 362 g/mol. The monoisotopic (exact) mass is 361 g/mol. The topological polar surface area (TPSA) is 84.3 Å². The lowest BCUT2D eigenvalue weighted by atomic mass is 9.95. The third kappa shape index (κ3) is 4.35. The minimum absolute atomic E-state index is 0. The molecule has 0 aliphatic carbocycles. The SMILES string of the molecule is CC(NC(=O)C1Cc2ccccc2CN1)c1cccc([N+](=O)[O-])c1.Cl. The Morgan fingerprint density at radius 3 is 2.68 bits per heavy atom. The Balaban J connectivity index is 0.00000225. The average Bonchev–Trinajstić information content (AvgIpc) is 2.61. The number of nitrogens with one attached hydrogen (secondary N) is 2. The lowest BCUT2D eigenvalue weighted by Gasteiger charge is -2.26. The van der Waals surface area contributed by atoms with Crippen molar-refractivity contribution in [2.24, 2.45) is 0 Å². The first-order valence-corrected chi connectivity index (χ1v) is 7.89. The minimum atomic E-state index is -0.433. The molecule has 25 heavy (non-hydrogen) atoms. The fourth-order valence-corrected chi connectivity index (χ4v) is 2.94. The van der Waals surface area contributed by atoms with Crippen LogP contribution in [-0.4, -0.2) is 16.9 Å². The van der Waals surface area contributed by atoms with E-state index in [0.717, 1.165) is 0 Å². The number of fused-ring (bicyclic) bond motifs is 1. The molecule has 3 rings (SSSR count). The number of nitrogens with zero attached hydrogens (tertiary/aromatic N) is 1. The predicted molar refractivity (Wildman–Crippen MR) is 97.7 cm³/mol. The molecule has 0 fully saturated rings. The molecule has 0 spiro atoms. The zero-order valence-electron chi connectivity index (χ0n) is 13.8. The van der Waals surface area contributed by atoms with E-state index in [-0.39, 0.29) is 36.1 Å². The first kappa shape index (κ1) is 18.9. The molecule has 1 amide bonds. The van der Waals surface area contributed by atoms with Crippen molar-refractivity contribution < 1.29 is 9.72 Å². The Labute approximate surface area is 152 Å². The van der Waals surface area contributed by atoms with E-state index >= 15 is 0 Å². The number of carbonyl (C=O) groups excluding carboxylic acids is 1. The van der Waals surface area contributed by atoms with Crippen molar-refractivity contribution in [1.82, 2.24) is 10.6 Å². The zero-order valence-corrected chi connectivity index (χ0v) is 14.6. The summed E-state index contributed by atoms with van der Waals surface area (Å²) in [5.74, 6) is -0.0940. The second-order valence-corrected chi connectivity index (χ2v) is 5.99. The van der Waals surface area contributed by atoms with Crippen molar-refractivity contribution in [2.45, 2.75) is 32.0 Å². The summed E-state index contributed by atoms with van der Waals surface area (Å²) in [4.78, 5) is 22.9. The number of carbonyl (C=O) groups is 1. The molecular weight excluding hydrogens is 342 g/mol. The Morgan fingerprint density at radius 2 is 1.96 bits per heavy atom. The van der Waals surface area contributed by atoms with Crippen LogP contribution in [0.1, 0.15) is 29.7 Å². The van der Waals surface area contributed by atoms with Crippen molar-refractivity contribution in [1.29, 1.82) is 0 Å². The zero-order chi connectivity index (χ0) is 17.1. The molecule has 1 heterocycles. The van der Waals surface area contributed by atoms with E-state index in [4.69, 9.17) is 0 Å². The number of amides is 1. The lowest BCUT2D eigenvalue weighted by Crippen LogP contribution is -2.48. The standard InChI is InChI=1S/C18H19N3O3.ClH/c1-12(13-7-4-8-16(9-13)21(23)24)20-18(22)17-10-14-5-2-3-6-15(14)11-19-17;/h2-9,12,17,19H,10-11H2,1H3,(H,20,22);1H. The second-order valence-electron chi connectivity index (χ2n) is 5.99. The molecule has 7 heteroatoms. The molecule has 2 atom stereocenters. The van der Waals surface area contributed by atoms with Gasteiger partial charge in [-0.2, -0.15) is 0 Å². The van der Waals surface area contributed by atoms with Gasteiger partial charge in [-0.05, 0) is 30.0 Å². The molecule has 2 aromatic rings. The van der Waals surface area contributed by atoms with Gasteiger partial charge in [0.05, 0.1) is 17.0 Å². The molecule has 0 bridgehead atoms. The minimum Gasteiger partial charge on any atom is -0.348 e. The van der Waals surface area contributed by atoms with Crippen LogP contribution in [0.15, 0.2) is 48.5 Å². The lowest BCUT2D eigenvalue weighted by molar-refractivity contribution is -0.384. The van der Waals surface area contributed by atoms with Crippen molar-refractivity contribution in [3.63, 3.8) is 0 Å². The van der Waals surface area contributed by atoms with E-state index < -0.39 is 4.92 Å². The quantitative estimate of drug-likeness (QED) is 0.647. The highest BCUT2D eigenvalue weighted by Gasteiger charge is 2.25. The summed E-state index contributed by atoms with van der Waals surface area (Å²) in [6.45, 7) is 2.49. The van der Waals surface area contributed by atoms with E-state index in [9.17, 15) is 14.9 Å². The number of halogens is 1. The fraction of sp³-hybridized carbons (Fsp3) is 0.278. The van der Waals surface area contributed by atoms with Crippen molar-refractivity contribution in [3.05, 3.63) is 75.3 Å². The van der Waals surface area contributed by atoms with Gasteiger partial charge < -0.3 is 10.6 Å². The number of hydrogen-bond acceptors (Lipinski definition) is 4. The van der Waals surface area contributed by atoms with Gasteiger partial charge in [-0.25, -0.2) is 0 Å². The number of nitro groups is 1. The Morgan fingerprint density at radius 1 is 1.24 bits per heavy atom. The molecule has 0 radical (unpaired) electrons. The third-order valence-corrected chi connectivity index (χ3v) is 4.34. The van der Waals surface area contributed by atoms with Crippen LogP contribution >= 0.6 is 12.4 Å². The molecule has 0 aromatic heterocycles. The summed E-state index contributed by atoms with van der Waals surface area (Å²) in [5, 5.41) is 17.1. The van der Waals surface area contributed by atoms with Gasteiger partial charge in [-0.3, -0.25) is 14.9 Å². The van der Waals surface area contributed by atoms with Gasteiger partial charge in [-0.15, -0.1) is 12.4 Å². The first-order valence-electron chi connectivity index (χ1n) is 7.89. The molecule has 0 saturated heterocycles. The highest BCUT2D eigenvalue weighted by molar-refractivity contribution is 5.85. The predicted octanol–water partition coefficient (Wildman–Crippen LogP) is 2.91. The molecule has 2 unspecified atom stereocenters. The van der Waals surface area contributed by atoms with Gasteiger partial charge >= 0.3 is 0 Å². The van der Waals surface area contributed by atoms with Crippen molar-refractivity contribution >= 4 is 24.0 Å². The first-order chi connectivity index (χ1) is 11.5. The summed E-state index contributed by atoms with van der Waals surface area (Å²) in [7, 11) is 0. The molecular formula is C18H20ClN3O3. The van der Waals surface area contributed by atoms with Gasteiger partial charge in [0.2, 0.25) is 5.91 Å². The van der Waals surface area contributed by atoms with Gasteiger partial charge in [0.15, 0.2) is 0 Å². The fourth-order valence-electron chi connectivity index (χ4n) is 2.94. The van der Waals surface area contributed by atoms with Crippen LogP contribution in [0.3, 0.4) is 0 Å². The van der Waals surface area contributed by atoms with E-state index in [0.29, 0.717) is 18.5 Å². The Kier molecular flexibility index (Phi) is 6.12. The normalized spacial score (nSPS) is 16.9. The van der Waals surface area contributed by atoms with Gasteiger partial charge in [-0.1, -0.05) is 36.4 Å². The smallest absolute Gasteiger partial charge is 0.269 e. The second kappa shape index (κ2) is 8.09. The molecule has 1 aliphatic rings. The summed E-state index contributed by atoms with van der Waals surface area (Å²) >= 11 is 0. The summed E-state index contributed by atoms with van der Waals surface area (Å²) in [6, 6.07) is 13.8. The number of benzene rings is 2. The highest BCUT2D eigenvalue weighted by atomic mass is 35.5. The van der Waals surface area contributed by atoms with Crippen LogP contribution in [0.25, 0.3) is 0 Å². The van der Waals surface area contributed by atoms with Crippen molar-refractivity contribution in [2.75, 3.05) is 0 Å². The molecule has 2 N–H and O–H groups in total. The van der Waals surface area contributed by atoms with Gasteiger partial charge in [0, 0.05) is 18.7 Å². The summed E-state index contributed by atoms with van der Waals surface area (Å²) < 4.78 is 0. The van der Waals surface area contributed by atoms with E-state index in [1.54, 1.807) is 12.1 Å². The molecule has 1 aliphatic heterocycles. The van der Waals surface area contributed by atoms with E-state index in [1.165, 1.54) is 23.3 Å². The largest absolute Gasteiger partial charge is 0.348 e. The maximum absolute atomic E-state index is 12.5. The van der Waals surface area contributed by atoms with Crippen LogP contribution < -0.4 is 10.6 Å². The summed E-state index contributed by atoms with van der Waals surface area (Å²) in [5.41, 5.74) is 3.14.